The van der Waals surface area contributed by atoms with Gasteiger partial charge in [-0.15, -0.1) is 0 Å². The summed E-state index contributed by atoms with van der Waals surface area (Å²) in [5.41, 5.74) is 32.5. The summed E-state index contributed by atoms with van der Waals surface area (Å²) < 4.78 is 58.1. The first-order valence-electron chi connectivity index (χ1n) is 44.0. The van der Waals surface area contributed by atoms with E-state index in [9.17, 15) is 9.90 Å². The monoisotopic (exact) mass is 2030 g/mol. The van der Waals surface area contributed by atoms with E-state index in [0.717, 1.165) is 83.8 Å². The van der Waals surface area contributed by atoms with Gasteiger partial charge in [-0.2, -0.15) is 4.98 Å². The topological polar surface area (TPSA) is 534 Å². The molecular weight excluding hydrogens is 1910 g/mol. The highest BCUT2D eigenvalue weighted by atomic mass is 79.9. The number of aromatic nitrogens is 18. The number of anilines is 8. The maximum atomic E-state index is 12.0. The van der Waals surface area contributed by atoms with Gasteiger partial charge in [0.1, 0.15) is 84.4 Å². The molecule has 43 heteroatoms. The van der Waals surface area contributed by atoms with Gasteiger partial charge in [0.25, 0.3) is 0 Å². The highest BCUT2D eigenvalue weighted by molar-refractivity contribution is 9.10. The normalized spacial score (nSPS) is 12.6. The first-order valence-corrected chi connectivity index (χ1v) is 46.0. The Hall–Kier alpha value is -13.3. The third-order valence-corrected chi connectivity index (χ3v) is 21.2. The van der Waals surface area contributed by atoms with Crippen LogP contribution in [0.15, 0.2) is 120 Å². The van der Waals surface area contributed by atoms with E-state index in [-0.39, 0.29) is 54.1 Å². The lowest BCUT2D eigenvalue weighted by molar-refractivity contribution is -0.152. The predicted octanol–water partition coefficient (Wildman–Crippen LogP) is 17.7. The molecule has 0 amide bonds. The summed E-state index contributed by atoms with van der Waals surface area (Å²) in [6, 6.07) is 10.6. The van der Waals surface area contributed by atoms with Crippen LogP contribution in [0, 0.1) is 34.6 Å². The zero-order chi connectivity index (χ0) is 100. The van der Waals surface area contributed by atoms with Crippen LogP contribution in [-0.2, 0) is 26.2 Å². The van der Waals surface area contributed by atoms with Crippen molar-refractivity contribution in [2.45, 2.75) is 191 Å². The summed E-state index contributed by atoms with van der Waals surface area (Å²) in [6.45, 7) is 38.6. The molecule has 2 aliphatic rings. The Morgan fingerprint density at radius 2 is 0.912 bits per heavy atom. The van der Waals surface area contributed by atoms with E-state index in [1.807, 2.05) is 80.2 Å². The van der Waals surface area contributed by atoms with E-state index < -0.39 is 5.60 Å². The Kier molecular flexibility index (Phi) is 39.6. The number of rotatable bonds is 30. The molecule has 12 aromatic heterocycles. The highest BCUT2D eigenvalue weighted by Crippen LogP contribution is 2.52. The number of pyridine rings is 6. The number of hydrazine groups is 1. The number of hydrogen-bond acceptors (Lipinski definition) is 40. The van der Waals surface area contributed by atoms with Crippen molar-refractivity contribution in [3.63, 3.8) is 0 Å². The number of nitrogen functional groups attached to an aromatic ring is 5. The quantitative estimate of drug-likeness (QED) is 0.00873. The molecule has 12 aromatic rings. The maximum Gasteiger partial charge on any atom is 0.325 e. The fourth-order valence-corrected chi connectivity index (χ4v) is 13.4. The van der Waals surface area contributed by atoms with Gasteiger partial charge in [0.2, 0.25) is 17.7 Å². The zero-order valence-electron chi connectivity index (χ0n) is 81.3. The van der Waals surface area contributed by atoms with E-state index >= 15 is 0 Å². The van der Waals surface area contributed by atoms with E-state index in [2.05, 4.69) is 196 Å². The second kappa shape index (κ2) is 50.5. The van der Waals surface area contributed by atoms with Gasteiger partial charge in [-0.25, -0.2) is 85.6 Å². The molecule has 0 spiro atoms. The molecule has 1 unspecified atom stereocenters. The summed E-state index contributed by atoms with van der Waals surface area (Å²) >= 11 is 12.7. The van der Waals surface area contributed by atoms with Crippen LogP contribution in [0.2, 0.25) is 5.15 Å². The molecule has 0 bridgehead atoms. The van der Waals surface area contributed by atoms with Crippen LogP contribution in [0.25, 0.3) is 0 Å². The largest absolute Gasteiger partial charge is 0.481 e. The van der Waals surface area contributed by atoms with Crippen molar-refractivity contribution in [1.82, 2.24) is 94.6 Å². The number of aryl methyl sites for hydroxylation is 5. The molecule has 1 saturated carbocycles. The first-order chi connectivity index (χ1) is 65.0. The number of aliphatic hydroxyl groups is 1. The Morgan fingerprint density at radius 3 is 1.35 bits per heavy atom. The van der Waals surface area contributed by atoms with Crippen LogP contribution in [0.3, 0.4) is 0 Å². The van der Waals surface area contributed by atoms with Crippen molar-refractivity contribution < 1.29 is 57.3 Å². The van der Waals surface area contributed by atoms with Crippen LogP contribution in [0.1, 0.15) is 196 Å². The van der Waals surface area contributed by atoms with E-state index in [1.54, 1.807) is 129 Å². The van der Waals surface area contributed by atoms with Crippen molar-refractivity contribution >= 4 is 96.0 Å². The third kappa shape index (κ3) is 32.8. The average Bonchev–Trinajstić information content (AvgIpc) is 1.61. The minimum atomic E-state index is -0.546. The molecule has 732 valence electrons. The van der Waals surface area contributed by atoms with Crippen molar-refractivity contribution in [3.8, 4) is 80.8 Å². The Morgan fingerprint density at radius 1 is 0.511 bits per heavy atom. The number of nitrogens with one attached hydrogen (secondary N) is 3. The van der Waals surface area contributed by atoms with Gasteiger partial charge in [-0.05, 0) is 150 Å². The number of aliphatic hydroxyl groups excluding tert-OH is 1. The molecule has 14 rings (SSSR count). The number of nitrogens with zero attached hydrogens (tertiary/aromatic N) is 20. The van der Waals surface area contributed by atoms with Crippen molar-refractivity contribution in [3.05, 3.63) is 188 Å². The standard InChI is InChI=1S/C19H25BrN4O3.C16H22ClN5O2.C16H23N5O.C15H19N5O3.C15H18N4O2.C13H16BrN5O/c1-11(2)13-8-22-16(20)7-14(13)26-15-9-21-12(3)24-18(15)23-10-17(25)27-19(4,5)6;1-4-10(8-23)21-16-20-7-13(15(18)22-16)24-12-5-14(17)19-6-11(12)9(2)3;1-10(2)13-7-19-12(9-21(4)5)6-14(13)22-15-8-18-11(3)20-16(15)17;1-10-17-9-13(15(16)19-10)23-12-7-14(21-2)18-8-11(12)20-3-5-22-6-4-20;1-9-17-8-12(14(16)19-9)21-11-6-13(20-3)18-7-10(11)15(2)4-5-15;1-7(2)9-5-17-12(14)4-10(9)20-11-6-16-8(3)18-13(11)19-15/h7-9,11H,10H2,1-6H3,(H,21,23,24);5-7,9-10,23H,4,8H2,1-3H3,(H3,18,20,21,22);6-8,10H,9H2,1-5H3,(H2,17,18,20);7-9H,3-6H2,1-2H3,(H2,16,17,19);6-8H,4-5H2,1-3H3,(H2,16,17,19);4-7H,15H2,1-3H3,(H,16,18,19). The Bertz CT molecular complexity index is 6020. The first kappa shape index (κ1) is 107. The lowest BCUT2D eigenvalue weighted by Crippen LogP contribution is -2.36. The Labute approximate surface area is 820 Å². The SMILES string of the molecule is CCC(CO)Nc1ncc(Oc2cc(Cl)ncc2C(C)C)c(N)n1.COc1cc(Oc2cnc(C)nc2N)c(C2(C)CC2)cn1.COc1cc(Oc2cnc(C)nc2N)c(N2CCOCC2)cn1.Cc1ncc(Oc2cc(Br)ncc2C(C)C)c(NCC(=O)OC(C)(C)C)n1.Cc1ncc(Oc2cc(Br)ncc2C(C)C)c(NN)n1.Cc1ncc(Oc2cc(CN(C)C)ncc2C(C)C)c(N)n1. The number of esters is 1. The van der Waals surface area contributed by atoms with Crippen molar-refractivity contribution in [2.24, 2.45) is 5.84 Å². The summed E-state index contributed by atoms with van der Waals surface area (Å²) in [7, 11) is 7.15. The van der Waals surface area contributed by atoms with E-state index in [1.165, 1.54) is 6.20 Å². The predicted molar refractivity (Wildman–Crippen MR) is 533 cm³/mol. The van der Waals surface area contributed by atoms with Gasteiger partial charge in [0.05, 0.1) is 94.8 Å². The fraction of sp³-hybridized carbons (Fsp3) is 0.415. The maximum absolute atomic E-state index is 12.0. The number of halogens is 3. The van der Waals surface area contributed by atoms with Crippen LogP contribution in [0.4, 0.5) is 46.5 Å². The van der Waals surface area contributed by atoms with Crippen molar-refractivity contribution in [1.29, 1.82) is 0 Å². The summed E-state index contributed by atoms with van der Waals surface area (Å²) in [5, 5.41) is 15.5. The van der Waals surface area contributed by atoms with E-state index in [4.69, 9.17) is 87.7 Å². The number of carbonyl (C=O) groups excluding carboxylic acids is 1. The second-order valence-electron chi connectivity index (χ2n) is 34.1. The summed E-state index contributed by atoms with van der Waals surface area (Å²) in [5.74, 6) is 18.9. The summed E-state index contributed by atoms with van der Waals surface area (Å²) in [4.78, 5) is 91.8. The summed E-state index contributed by atoms with van der Waals surface area (Å²) in [6.07, 6.45) is 23.1. The molecule has 0 radical (unpaired) electrons. The molecule has 13 heterocycles. The second-order valence-corrected chi connectivity index (χ2v) is 36.1. The van der Waals surface area contributed by atoms with Crippen LogP contribution < -0.4 is 87.6 Å². The number of carbonyl (C=O) groups is 1. The molecule has 14 N–H and O–H groups in total. The van der Waals surface area contributed by atoms with Crippen LogP contribution in [-0.4, -0.2) is 185 Å². The minimum absolute atomic E-state index is 0.00865. The van der Waals surface area contributed by atoms with Gasteiger partial charge < -0.3 is 101 Å². The van der Waals surface area contributed by atoms with Crippen LogP contribution in [0.5, 0.6) is 80.8 Å². The Balaban J connectivity index is 0.000000185. The third-order valence-electron chi connectivity index (χ3n) is 20.2. The molecule has 40 nitrogen and oxygen atoms in total. The van der Waals surface area contributed by atoms with Crippen LogP contribution >= 0.6 is 43.5 Å². The number of nitrogens with two attached hydrogens (primary N) is 5. The minimum Gasteiger partial charge on any atom is -0.481 e. The molecule has 1 atom stereocenters. The highest BCUT2D eigenvalue weighted by Gasteiger charge is 2.42. The molecule has 137 heavy (non-hydrogen) atoms. The van der Waals surface area contributed by atoms with Gasteiger partial charge in [-0.3, -0.25) is 9.78 Å². The van der Waals surface area contributed by atoms with Gasteiger partial charge in [0, 0.05) is 115 Å². The molecule has 1 aliphatic carbocycles. The molecule has 1 aliphatic heterocycles. The van der Waals surface area contributed by atoms with Gasteiger partial charge in [0.15, 0.2) is 75.2 Å². The van der Waals surface area contributed by atoms with Gasteiger partial charge in [-0.1, -0.05) is 80.8 Å². The molecule has 1 saturated heterocycles. The molecular formula is C94H123Br2ClN28O12. The zero-order valence-corrected chi connectivity index (χ0v) is 85.2. The van der Waals surface area contributed by atoms with E-state index in [0.29, 0.717) is 173 Å². The van der Waals surface area contributed by atoms with Crippen molar-refractivity contribution in [2.75, 3.05) is 112 Å². The lowest BCUT2D eigenvalue weighted by Gasteiger charge is -2.30. The fourth-order valence-electron chi connectivity index (χ4n) is 12.6. The van der Waals surface area contributed by atoms with Gasteiger partial charge >= 0.3 is 5.97 Å². The average molecular weight is 2030 g/mol. The number of hydrogen-bond donors (Lipinski definition) is 9. The molecule has 0 aromatic carbocycles. The molecule has 2 fully saturated rings. The number of methoxy groups -OCH3 is 2. The number of ether oxygens (including phenoxy) is 10. The lowest BCUT2D eigenvalue weighted by atomic mass is 9.99. The smallest absolute Gasteiger partial charge is 0.325 e. The number of morpholine rings is 1.